The first-order chi connectivity index (χ1) is 11.1. The second kappa shape index (κ2) is 6.66. The third kappa shape index (κ3) is 3.37. The van der Waals surface area contributed by atoms with Gasteiger partial charge in [0.2, 0.25) is 11.8 Å². The van der Waals surface area contributed by atoms with Gasteiger partial charge in [0.05, 0.1) is 5.92 Å². The Hall–Kier alpha value is -1.95. The van der Waals surface area contributed by atoms with Crippen molar-refractivity contribution in [3.63, 3.8) is 0 Å². The van der Waals surface area contributed by atoms with Gasteiger partial charge in [0.25, 0.3) is 0 Å². The van der Waals surface area contributed by atoms with Crippen LogP contribution in [0.4, 0.5) is 10.1 Å². The van der Waals surface area contributed by atoms with Gasteiger partial charge in [-0.1, -0.05) is 6.92 Å². The summed E-state index contributed by atoms with van der Waals surface area (Å²) in [4.78, 5) is 30.6. The van der Waals surface area contributed by atoms with Crippen LogP contribution in [0.3, 0.4) is 0 Å². The van der Waals surface area contributed by atoms with E-state index in [4.69, 9.17) is 0 Å². The molecule has 2 aliphatic rings. The van der Waals surface area contributed by atoms with Gasteiger partial charge in [-0.05, 0) is 30.8 Å². The van der Waals surface area contributed by atoms with Crippen LogP contribution in [0.25, 0.3) is 0 Å². The van der Waals surface area contributed by atoms with Gasteiger partial charge in [0, 0.05) is 44.8 Å². The number of benzene rings is 1. The Morgan fingerprint density at radius 1 is 1.17 bits per heavy atom. The van der Waals surface area contributed by atoms with E-state index >= 15 is 0 Å². The molecule has 2 amide bonds. The summed E-state index contributed by atoms with van der Waals surface area (Å²) in [5, 5.41) is 0. The second-order valence-electron chi connectivity index (χ2n) is 6.14. The molecule has 6 heteroatoms. The molecule has 0 unspecified atom stereocenters. The van der Waals surface area contributed by atoms with E-state index in [2.05, 4.69) is 11.8 Å². The number of carbonyl (C=O) groups excluding carboxylic acids is 2. The molecule has 0 spiro atoms. The highest BCUT2D eigenvalue weighted by molar-refractivity contribution is 6.00. The average Bonchev–Trinajstić information content (AvgIpc) is 2.97. The zero-order valence-corrected chi connectivity index (χ0v) is 13.4. The maximum atomic E-state index is 13.0. The number of hydrogen-bond acceptors (Lipinski definition) is 3. The van der Waals surface area contributed by atoms with Crippen LogP contribution in [-0.4, -0.2) is 60.9 Å². The van der Waals surface area contributed by atoms with E-state index in [0.29, 0.717) is 12.2 Å². The van der Waals surface area contributed by atoms with Crippen LogP contribution in [0.5, 0.6) is 0 Å². The first kappa shape index (κ1) is 15.9. The molecule has 0 radical (unpaired) electrons. The molecule has 0 bridgehead atoms. The fourth-order valence-corrected chi connectivity index (χ4v) is 3.29. The number of nitrogens with zero attached hydrogens (tertiary/aromatic N) is 3. The van der Waals surface area contributed by atoms with Crippen molar-refractivity contribution in [1.82, 2.24) is 9.80 Å². The molecular weight excluding hydrogens is 297 g/mol. The Morgan fingerprint density at radius 3 is 2.43 bits per heavy atom. The fourth-order valence-electron chi connectivity index (χ4n) is 3.29. The lowest BCUT2D eigenvalue weighted by Crippen LogP contribution is -2.50. The number of likely N-dealkylation sites (N-methyl/N-ethyl adjacent to an activating group) is 1. The number of hydrogen-bond donors (Lipinski definition) is 0. The first-order valence-electron chi connectivity index (χ1n) is 8.15. The fraction of sp³-hybridized carbons (Fsp3) is 0.529. The topological polar surface area (TPSA) is 43.9 Å². The van der Waals surface area contributed by atoms with Gasteiger partial charge in [-0.15, -0.1) is 0 Å². The van der Waals surface area contributed by atoms with E-state index in [1.165, 1.54) is 12.1 Å². The summed E-state index contributed by atoms with van der Waals surface area (Å²) in [5.74, 6) is -0.622. The highest BCUT2D eigenvalue weighted by atomic mass is 19.1. The van der Waals surface area contributed by atoms with Gasteiger partial charge in [-0.3, -0.25) is 9.59 Å². The predicted molar refractivity (Wildman–Crippen MR) is 85.6 cm³/mol. The number of amides is 2. The van der Waals surface area contributed by atoms with Gasteiger partial charge in [0.1, 0.15) is 5.82 Å². The van der Waals surface area contributed by atoms with E-state index in [0.717, 1.165) is 32.7 Å². The van der Waals surface area contributed by atoms with E-state index in [1.807, 2.05) is 4.90 Å². The van der Waals surface area contributed by atoms with E-state index in [9.17, 15) is 14.0 Å². The molecule has 0 N–H and O–H groups in total. The Morgan fingerprint density at radius 2 is 1.83 bits per heavy atom. The summed E-state index contributed by atoms with van der Waals surface area (Å²) in [7, 11) is 0. The largest absolute Gasteiger partial charge is 0.340 e. The molecule has 0 aromatic heterocycles. The average molecular weight is 319 g/mol. The third-order valence-corrected chi connectivity index (χ3v) is 4.74. The Kier molecular flexibility index (Phi) is 4.61. The van der Waals surface area contributed by atoms with Crippen LogP contribution in [0, 0.1) is 11.7 Å². The highest BCUT2D eigenvalue weighted by Crippen LogP contribution is 2.26. The molecular formula is C17H22FN3O2. The third-order valence-electron chi connectivity index (χ3n) is 4.74. The molecule has 2 heterocycles. The van der Waals surface area contributed by atoms with Crippen molar-refractivity contribution in [1.29, 1.82) is 0 Å². The number of piperazine rings is 1. The minimum Gasteiger partial charge on any atom is -0.340 e. The van der Waals surface area contributed by atoms with Crippen LogP contribution in [0.15, 0.2) is 24.3 Å². The van der Waals surface area contributed by atoms with Crippen molar-refractivity contribution < 1.29 is 14.0 Å². The molecule has 1 aromatic rings. The molecule has 23 heavy (non-hydrogen) atoms. The van der Waals surface area contributed by atoms with E-state index in [-0.39, 0.29) is 30.0 Å². The standard InChI is InChI=1S/C17H22FN3O2/c1-2-19-7-9-20(10-8-19)17(23)13-11-16(22)21(12-13)15-5-3-14(18)4-6-15/h3-6,13H,2,7-12H2,1H3/t13-/m0/s1. The second-order valence-corrected chi connectivity index (χ2v) is 6.14. The summed E-state index contributed by atoms with van der Waals surface area (Å²) in [5.41, 5.74) is 0.655. The van der Waals surface area contributed by atoms with Gasteiger partial charge >= 0.3 is 0 Å². The number of halogens is 1. The smallest absolute Gasteiger partial charge is 0.228 e. The molecule has 2 fully saturated rings. The number of carbonyl (C=O) groups is 2. The van der Waals surface area contributed by atoms with Crippen molar-refractivity contribution in [2.75, 3.05) is 44.2 Å². The predicted octanol–water partition coefficient (Wildman–Crippen LogP) is 1.34. The molecule has 0 aliphatic carbocycles. The monoisotopic (exact) mass is 319 g/mol. The normalized spacial score (nSPS) is 22.7. The van der Waals surface area contributed by atoms with Crippen molar-refractivity contribution in [3.05, 3.63) is 30.1 Å². The van der Waals surface area contributed by atoms with Crippen molar-refractivity contribution in [2.45, 2.75) is 13.3 Å². The van der Waals surface area contributed by atoms with Crippen LogP contribution < -0.4 is 4.90 Å². The lowest BCUT2D eigenvalue weighted by Gasteiger charge is -2.35. The van der Waals surface area contributed by atoms with Gasteiger partial charge in [-0.2, -0.15) is 0 Å². The summed E-state index contributed by atoms with van der Waals surface area (Å²) >= 11 is 0. The minimum absolute atomic E-state index is 0.0675. The molecule has 3 rings (SSSR count). The van der Waals surface area contributed by atoms with Gasteiger partial charge in [0.15, 0.2) is 0 Å². The molecule has 0 saturated carbocycles. The van der Waals surface area contributed by atoms with Gasteiger partial charge < -0.3 is 14.7 Å². The number of rotatable bonds is 3. The number of anilines is 1. The van der Waals surface area contributed by atoms with Crippen LogP contribution in [0.1, 0.15) is 13.3 Å². The lowest BCUT2D eigenvalue weighted by atomic mass is 10.1. The van der Waals surface area contributed by atoms with E-state index < -0.39 is 0 Å². The van der Waals surface area contributed by atoms with Gasteiger partial charge in [-0.25, -0.2) is 4.39 Å². The molecule has 124 valence electrons. The highest BCUT2D eigenvalue weighted by Gasteiger charge is 2.37. The first-order valence-corrected chi connectivity index (χ1v) is 8.15. The zero-order valence-electron chi connectivity index (χ0n) is 13.4. The minimum atomic E-state index is -0.332. The van der Waals surface area contributed by atoms with Crippen molar-refractivity contribution >= 4 is 17.5 Å². The van der Waals surface area contributed by atoms with Crippen LogP contribution in [0.2, 0.25) is 0 Å². The molecule has 2 aliphatic heterocycles. The summed E-state index contributed by atoms with van der Waals surface area (Å²) in [6, 6.07) is 5.84. The van der Waals surface area contributed by atoms with E-state index in [1.54, 1.807) is 17.0 Å². The summed E-state index contributed by atoms with van der Waals surface area (Å²) in [6.07, 6.45) is 0.240. The maximum Gasteiger partial charge on any atom is 0.228 e. The maximum absolute atomic E-state index is 13.0. The van der Waals surface area contributed by atoms with Crippen molar-refractivity contribution in [2.24, 2.45) is 5.92 Å². The Balaban J connectivity index is 1.63. The quantitative estimate of drug-likeness (QED) is 0.844. The molecule has 1 atom stereocenters. The SMILES string of the molecule is CCN1CCN(C(=O)[C@H]2CC(=O)N(c3ccc(F)cc3)C2)CC1. The zero-order chi connectivity index (χ0) is 16.4. The Bertz CT molecular complexity index is 582. The molecule has 1 aromatic carbocycles. The van der Waals surface area contributed by atoms with Crippen LogP contribution >= 0.6 is 0 Å². The van der Waals surface area contributed by atoms with Crippen LogP contribution in [-0.2, 0) is 9.59 Å². The molecule has 2 saturated heterocycles. The lowest BCUT2D eigenvalue weighted by molar-refractivity contribution is -0.137. The van der Waals surface area contributed by atoms with Crippen molar-refractivity contribution in [3.8, 4) is 0 Å². The Labute approximate surface area is 135 Å². The molecule has 5 nitrogen and oxygen atoms in total. The summed E-state index contributed by atoms with van der Waals surface area (Å²) < 4.78 is 13.0. The summed E-state index contributed by atoms with van der Waals surface area (Å²) in [6.45, 7) is 6.75.